The molecule has 0 aliphatic rings. The van der Waals surface area contributed by atoms with Crippen molar-refractivity contribution >= 4 is 21.4 Å². The largest absolute Gasteiger partial charge is 0.497 e. The van der Waals surface area contributed by atoms with Gasteiger partial charge in [-0.2, -0.15) is 0 Å². The first kappa shape index (κ1) is 13.8. The zero-order valence-electron chi connectivity index (χ0n) is 12.2. The van der Waals surface area contributed by atoms with Crippen LogP contribution < -0.4 is 14.2 Å². The van der Waals surface area contributed by atoms with Crippen LogP contribution in [-0.4, -0.2) is 21.3 Å². The van der Waals surface area contributed by atoms with Crippen molar-refractivity contribution in [2.45, 2.75) is 0 Å². The van der Waals surface area contributed by atoms with Crippen molar-refractivity contribution in [3.05, 3.63) is 42.5 Å². The molecular formula is C17H16O3S. The number of hydrogen-bond acceptors (Lipinski definition) is 4. The van der Waals surface area contributed by atoms with Gasteiger partial charge in [-0.15, -0.1) is 11.3 Å². The SMILES string of the molecule is COc1ccc(-c2cc3cc(OC)c(OC)cc3s2)cc1. The quantitative estimate of drug-likeness (QED) is 0.705. The predicted molar refractivity (Wildman–Crippen MR) is 86.9 cm³/mol. The summed E-state index contributed by atoms with van der Waals surface area (Å²) in [5.41, 5.74) is 1.18. The summed E-state index contributed by atoms with van der Waals surface area (Å²) in [5, 5.41) is 1.16. The Kier molecular flexibility index (Phi) is 3.71. The molecule has 0 amide bonds. The summed E-state index contributed by atoms with van der Waals surface area (Å²) >= 11 is 1.74. The van der Waals surface area contributed by atoms with E-state index in [1.54, 1.807) is 32.7 Å². The van der Waals surface area contributed by atoms with E-state index in [0.717, 1.165) is 22.6 Å². The lowest BCUT2D eigenvalue weighted by atomic mass is 10.1. The minimum Gasteiger partial charge on any atom is -0.497 e. The second-order valence-corrected chi connectivity index (χ2v) is 5.67. The molecule has 0 radical (unpaired) electrons. The van der Waals surface area contributed by atoms with Crippen LogP contribution >= 0.6 is 11.3 Å². The van der Waals surface area contributed by atoms with Crippen molar-refractivity contribution in [2.24, 2.45) is 0 Å². The Morgan fingerprint density at radius 2 is 1.43 bits per heavy atom. The molecule has 0 bridgehead atoms. The molecule has 108 valence electrons. The van der Waals surface area contributed by atoms with Crippen molar-refractivity contribution in [1.82, 2.24) is 0 Å². The lowest BCUT2D eigenvalue weighted by Crippen LogP contribution is -1.89. The highest BCUT2D eigenvalue weighted by molar-refractivity contribution is 7.22. The average molecular weight is 300 g/mol. The second kappa shape index (κ2) is 5.66. The standard InChI is InChI=1S/C17H16O3S/c1-18-13-6-4-11(5-7-13)16-9-12-8-14(19-2)15(20-3)10-17(12)21-16/h4-10H,1-3H3. The molecule has 0 N–H and O–H groups in total. The van der Waals surface area contributed by atoms with Gasteiger partial charge in [0.15, 0.2) is 11.5 Å². The highest BCUT2D eigenvalue weighted by Crippen LogP contribution is 2.39. The maximum absolute atomic E-state index is 5.35. The van der Waals surface area contributed by atoms with Crippen molar-refractivity contribution in [1.29, 1.82) is 0 Å². The summed E-state index contributed by atoms with van der Waals surface area (Å²) in [6, 6.07) is 14.3. The Hall–Kier alpha value is -2.20. The third-order valence-electron chi connectivity index (χ3n) is 3.40. The molecule has 2 aromatic carbocycles. The van der Waals surface area contributed by atoms with Crippen LogP contribution in [-0.2, 0) is 0 Å². The molecule has 21 heavy (non-hydrogen) atoms. The average Bonchev–Trinajstić information content (AvgIpc) is 2.96. The normalized spacial score (nSPS) is 10.6. The molecule has 3 nitrogen and oxygen atoms in total. The Morgan fingerprint density at radius 3 is 2.05 bits per heavy atom. The van der Waals surface area contributed by atoms with Crippen LogP contribution in [0, 0.1) is 0 Å². The van der Waals surface area contributed by atoms with E-state index >= 15 is 0 Å². The van der Waals surface area contributed by atoms with Gasteiger partial charge in [-0.1, -0.05) is 0 Å². The molecule has 3 aromatic rings. The van der Waals surface area contributed by atoms with Gasteiger partial charge in [-0.25, -0.2) is 0 Å². The third-order valence-corrected chi connectivity index (χ3v) is 4.54. The summed E-state index contributed by atoms with van der Waals surface area (Å²) < 4.78 is 17.1. The van der Waals surface area contributed by atoms with Crippen LogP contribution in [0.2, 0.25) is 0 Å². The number of benzene rings is 2. The van der Waals surface area contributed by atoms with Gasteiger partial charge in [-0.3, -0.25) is 0 Å². The highest BCUT2D eigenvalue weighted by Gasteiger charge is 2.10. The Morgan fingerprint density at radius 1 is 0.762 bits per heavy atom. The summed E-state index contributed by atoms with van der Waals surface area (Å²) in [6.07, 6.45) is 0. The van der Waals surface area contributed by atoms with E-state index < -0.39 is 0 Å². The summed E-state index contributed by atoms with van der Waals surface area (Å²) in [7, 11) is 4.98. The third kappa shape index (κ3) is 2.54. The summed E-state index contributed by atoms with van der Waals surface area (Å²) in [5.74, 6) is 2.38. The van der Waals surface area contributed by atoms with E-state index in [2.05, 4.69) is 18.2 Å². The van der Waals surface area contributed by atoms with Gasteiger partial charge in [0.2, 0.25) is 0 Å². The van der Waals surface area contributed by atoms with E-state index in [1.807, 2.05) is 24.3 Å². The van der Waals surface area contributed by atoms with Crippen LogP contribution in [0.5, 0.6) is 17.2 Å². The first-order valence-corrected chi connectivity index (χ1v) is 7.37. The lowest BCUT2D eigenvalue weighted by Gasteiger charge is -2.06. The van der Waals surface area contributed by atoms with E-state index in [-0.39, 0.29) is 0 Å². The molecule has 0 aliphatic carbocycles. The van der Waals surface area contributed by atoms with Gasteiger partial charge in [0.1, 0.15) is 5.75 Å². The molecule has 0 unspecified atom stereocenters. The fraction of sp³-hybridized carbons (Fsp3) is 0.176. The minimum absolute atomic E-state index is 0.754. The lowest BCUT2D eigenvalue weighted by molar-refractivity contribution is 0.356. The van der Waals surface area contributed by atoms with E-state index in [0.29, 0.717) is 0 Å². The van der Waals surface area contributed by atoms with Crippen LogP contribution in [0.4, 0.5) is 0 Å². The molecule has 1 heterocycles. The van der Waals surface area contributed by atoms with E-state index in [9.17, 15) is 0 Å². The van der Waals surface area contributed by atoms with Gasteiger partial charge in [-0.05, 0) is 47.3 Å². The fourth-order valence-corrected chi connectivity index (χ4v) is 3.34. The van der Waals surface area contributed by atoms with Crippen molar-refractivity contribution in [2.75, 3.05) is 21.3 Å². The zero-order valence-corrected chi connectivity index (χ0v) is 13.0. The molecule has 0 saturated carbocycles. The number of fused-ring (bicyclic) bond motifs is 1. The number of ether oxygens (including phenoxy) is 3. The number of hydrogen-bond donors (Lipinski definition) is 0. The maximum Gasteiger partial charge on any atom is 0.162 e. The van der Waals surface area contributed by atoms with Crippen LogP contribution in [0.25, 0.3) is 20.5 Å². The zero-order chi connectivity index (χ0) is 14.8. The Bertz CT molecular complexity index is 719. The maximum atomic E-state index is 5.35. The Balaban J connectivity index is 2.07. The minimum atomic E-state index is 0.754. The van der Waals surface area contributed by atoms with E-state index in [4.69, 9.17) is 14.2 Å². The topological polar surface area (TPSA) is 27.7 Å². The molecule has 3 rings (SSSR count). The highest BCUT2D eigenvalue weighted by atomic mass is 32.1. The van der Waals surface area contributed by atoms with Gasteiger partial charge >= 0.3 is 0 Å². The van der Waals surface area contributed by atoms with Crippen LogP contribution in [0.1, 0.15) is 0 Å². The summed E-state index contributed by atoms with van der Waals surface area (Å²) in [6.45, 7) is 0. The number of rotatable bonds is 4. The number of thiophene rings is 1. The number of methoxy groups -OCH3 is 3. The first-order valence-electron chi connectivity index (χ1n) is 6.55. The van der Waals surface area contributed by atoms with E-state index in [1.165, 1.54) is 15.1 Å². The second-order valence-electron chi connectivity index (χ2n) is 4.58. The van der Waals surface area contributed by atoms with Crippen molar-refractivity contribution in [3.63, 3.8) is 0 Å². The molecule has 1 aromatic heterocycles. The van der Waals surface area contributed by atoms with Gasteiger partial charge in [0.05, 0.1) is 21.3 Å². The molecule has 0 atom stereocenters. The molecule has 4 heteroatoms. The van der Waals surface area contributed by atoms with Gasteiger partial charge in [0, 0.05) is 15.6 Å². The van der Waals surface area contributed by atoms with Crippen molar-refractivity contribution < 1.29 is 14.2 Å². The smallest absolute Gasteiger partial charge is 0.162 e. The Labute approximate surface area is 127 Å². The van der Waals surface area contributed by atoms with Crippen LogP contribution in [0.15, 0.2) is 42.5 Å². The predicted octanol–water partition coefficient (Wildman–Crippen LogP) is 4.59. The molecule has 0 spiro atoms. The molecule has 0 fully saturated rings. The van der Waals surface area contributed by atoms with Crippen molar-refractivity contribution in [3.8, 4) is 27.7 Å². The summed E-state index contributed by atoms with van der Waals surface area (Å²) in [4.78, 5) is 1.21. The first-order chi connectivity index (χ1) is 10.2. The monoisotopic (exact) mass is 300 g/mol. The van der Waals surface area contributed by atoms with Gasteiger partial charge < -0.3 is 14.2 Å². The van der Waals surface area contributed by atoms with Crippen LogP contribution in [0.3, 0.4) is 0 Å². The van der Waals surface area contributed by atoms with Gasteiger partial charge in [0.25, 0.3) is 0 Å². The fourth-order valence-electron chi connectivity index (χ4n) is 2.26. The molecule has 0 saturated heterocycles. The molecule has 0 aliphatic heterocycles. The molecular weight excluding hydrogens is 284 g/mol.